The van der Waals surface area contributed by atoms with Crippen LogP contribution in [0.3, 0.4) is 0 Å². The zero-order valence-corrected chi connectivity index (χ0v) is 19.0. The molecule has 1 saturated carbocycles. The number of Topliss-reactive ketones (excluding diaryl/α,β-unsaturated/α-hetero) is 1. The summed E-state index contributed by atoms with van der Waals surface area (Å²) in [6.45, 7) is -0.222. The second kappa shape index (κ2) is 9.71. The Morgan fingerprint density at radius 3 is 2.60 bits per heavy atom. The molecule has 9 heteroatoms. The van der Waals surface area contributed by atoms with E-state index in [1.807, 2.05) is 0 Å². The quantitative estimate of drug-likeness (QED) is 0.504. The first-order valence-corrected chi connectivity index (χ1v) is 11.6. The maximum atomic E-state index is 13.6. The van der Waals surface area contributed by atoms with E-state index in [4.69, 9.17) is 9.26 Å². The first-order chi connectivity index (χ1) is 17.1. The van der Waals surface area contributed by atoms with Crippen molar-refractivity contribution in [1.29, 1.82) is 0 Å². The van der Waals surface area contributed by atoms with E-state index in [1.54, 1.807) is 42.5 Å². The van der Waals surface area contributed by atoms with Gasteiger partial charge in [-0.2, -0.15) is 0 Å². The summed E-state index contributed by atoms with van der Waals surface area (Å²) >= 11 is 0. The number of rotatable bonds is 8. The average molecular weight is 476 g/mol. The summed E-state index contributed by atoms with van der Waals surface area (Å²) < 4.78 is 10.6. The molecule has 3 aromatic rings. The smallest absolute Gasteiger partial charge is 0.294 e. The highest BCUT2D eigenvalue weighted by molar-refractivity contribution is 6.17. The van der Waals surface area contributed by atoms with E-state index in [1.165, 1.54) is 17.4 Å². The number of ketones is 1. The standard InChI is InChI=1S/C26H25N3O6/c30-13-15-34-25-19(6-3-12-27-25)22-21(23(31)17-4-1-2-5-17)24(32)26(33)29(22)18-9-7-16(8-10-18)20-11-14-35-28-20/h3,6-12,14,17,22,30,32H,1-2,4-5,13,15H2. The van der Waals surface area contributed by atoms with Crippen LogP contribution >= 0.6 is 0 Å². The fourth-order valence-corrected chi connectivity index (χ4v) is 4.85. The van der Waals surface area contributed by atoms with Crippen LogP contribution in [0, 0.1) is 5.92 Å². The molecule has 1 aliphatic carbocycles. The second-order valence-electron chi connectivity index (χ2n) is 8.59. The number of anilines is 1. The van der Waals surface area contributed by atoms with Crippen molar-refractivity contribution in [3.63, 3.8) is 0 Å². The highest BCUT2D eigenvalue weighted by atomic mass is 16.5. The predicted octanol–water partition coefficient (Wildman–Crippen LogP) is 3.77. The van der Waals surface area contributed by atoms with Crippen LogP contribution in [0.15, 0.2) is 70.8 Å². The highest BCUT2D eigenvalue weighted by Crippen LogP contribution is 2.45. The number of pyridine rings is 1. The van der Waals surface area contributed by atoms with Crippen LogP contribution < -0.4 is 9.64 Å². The van der Waals surface area contributed by atoms with Crippen molar-refractivity contribution in [2.45, 2.75) is 31.7 Å². The Balaban J connectivity index is 1.60. The lowest BCUT2D eigenvalue weighted by molar-refractivity contribution is -0.120. The van der Waals surface area contributed by atoms with Gasteiger partial charge in [-0.3, -0.25) is 14.5 Å². The van der Waals surface area contributed by atoms with Gasteiger partial charge >= 0.3 is 0 Å². The molecule has 1 unspecified atom stereocenters. The van der Waals surface area contributed by atoms with Gasteiger partial charge in [0.2, 0.25) is 5.88 Å². The van der Waals surface area contributed by atoms with E-state index in [-0.39, 0.29) is 36.4 Å². The Morgan fingerprint density at radius 2 is 1.91 bits per heavy atom. The number of benzene rings is 1. The number of hydrogen-bond donors (Lipinski definition) is 2. The monoisotopic (exact) mass is 475 g/mol. The molecule has 0 bridgehead atoms. The molecular weight excluding hydrogens is 450 g/mol. The van der Waals surface area contributed by atoms with Crippen molar-refractivity contribution in [2.24, 2.45) is 5.92 Å². The Labute approximate surface area is 201 Å². The van der Waals surface area contributed by atoms with Crippen molar-refractivity contribution in [3.8, 4) is 17.1 Å². The van der Waals surface area contributed by atoms with Gasteiger partial charge in [-0.15, -0.1) is 0 Å². The topological polar surface area (TPSA) is 126 Å². The van der Waals surface area contributed by atoms with Crippen molar-refractivity contribution < 1.29 is 29.1 Å². The van der Waals surface area contributed by atoms with Gasteiger partial charge in [-0.05, 0) is 37.1 Å². The van der Waals surface area contributed by atoms with Gasteiger partial charge < -0.3 is 19.5 Å². The van der Waals surface area contributed by atoms with Crippen LogP contribution in [-0.4, -0.2) is 45.3 Å². The third-order valence-electron chi connectivity index (χ3n) is 6.50. The zero-order chi connectivity index (χ0) is 24.4. The van der Waals surface area contributed by atoms with E-state index < -0.39 is 17.7 Å². The second-order valence-corrected chi connectivity index (χ2v) is 8.59. The molecule has 1 fully saturated rings. The van der Waals surface area contributed by atoms with E-state index in [9.17, 15) is 19.8 Å². The molecule has 5 rings (SSSR count). The van der Waals surface area contributed by atoms with Crippen molar-refractivity contribution >= 4 is 17.4 Å². The summed E-state index contributed by atoms with van der Waals surface area (Å²) in [5.74, 6) is -1.49. The molecule has 1 aliphatic heterocycles. The van der Waals surface area contributed by atoms with Crippen LogP contribution in [0.1, 0.15) is 37.3 Å². The minimum absolute atomic E-state index is 0.00131. The van der Waals surface area contributed by atoms with Gasteiger partial charge in [-0.1, -0.05) is 30.1 Å². The van der Waals surface area contributed by atoms with Crippen molar-refractivity contribution in [1.82, 2.24) is 10.1 Å². The van der Waals surface area contributed by atoms with Crippen LogP contribution in [0.4, 0.5) is 5.69 Å². The molecule has 2 aromatic heterocycles. The molecule has 1 atom stereocenters. The zero-order valence-electron chi connectivity index (χ0n) is 19.0. The summed E-state index contributed by atoms with van der Waals surface area (Å²) in [6, 6.07) is 11.3. The summed E-state index contributed by atoms with van der Waals surface area (Å²) in [5.41, 5.74) is 2.44. The van der Waals surface area contributed by atoms with E-state index >= 15 is 0 Å². The first-order valence-electron chi connectivity index (χ1n) is 11.6. The lowest BCUT2D eigenvalue weighted by atomic mass is 9.89. The number of amides is 1. The molecule has 35 heavy (non-hydrogen) atoms. The molecular formula is C26H25N3O6. The summed E-state index contributed by atoms with van der Waals surface area (Å²) in [4.78, 5) is 32.6. The number of hydrogen-bond acceptors (Lipinski definition) is 8. The van der Waals surface area contributed by atoms with E-state index in [0.29, 0.717) is 16.9 Å². The maximum Gasteiger partial charge on any atom is 0.294 e. The Morgan fingerprint density at radius 1 is 1.14 bits per heavy atom. The number of carbonyl (C=O) groups excluding carboxylic acids is 2. The molecule has 9 nitrogen and oxygen atoms in total. The fraction of sp³-hybridized carbons (Fsp3) is 0.308. The Hall–Kier alpha value is -3.98. The average Bonchev–Trinajstić information content (AvgIpc) is 3.65. The van der Waals surface area contributed by atoms with Gasteiger partial charge in [0, 0.05) is 35.0 Å². The van der Waals surface area contributed by atoms with E-state index in [0.717, 1.165) is 31.2 Å². The fourth-order valence-electron chi connectivity index (χ4n) is 4.85. The number of aliphatic hydroxyl groups is 2. The van der Waals surface area contributed by atoms with Gasteiger partial charge in [-0.25, -0.2) is 4.98 Å². The summed E-state index contributed by atoms with van der Waals surface area (Å²) in [7, 11) is 0. The largest absolute Gasteiger partial charge is 0.503 e. The molecule has 2 aliphatic rings. The third kappa shape index (κ3) is 4.19. The molecule has 2 N–H and O–H groups in total. The normalized spacial score (nSPS) is 18.5. The number of ether oxygens (including phenoxy) is 1. The predicted molar refractivity (Wildman–Crippen MR) is 126 cm³/mol. The van der Waals surface area contributed by atoms with Gasteiger partial charge in [0.1, 0.15) is 24.6 Å². The highest BCUT2D eigenvalue weighted by Gasteiger charge is 2.47. The van der Waals surface area contributed by atoms with Crippen LogP contribution in [0.5, 0.6) is 5.88 Å². The van der Waals surface area contributed by atoms with Crippen molar-refractivity contribution in [2.75, 3.05) is 18.1 Å². The number of carbonyl (C=O) groups is 2. The lowest BCUT2D eigenvalue weighted by Gasteiger charge is -2.28. The van der Waals surface area contributed by atoms with Crippen LogP contribution in [0.25, 0.3) is 11.3 Å². The summed E-state index contributed by atoms with van der Waals surface area (Å²) in [6.07, 6.45) is 6.34. The minimum Gasteiger partial charge on any atom is -0.503 e. The SMILES string of the molecule is O=C(C1=C(O)C(=O)N(c2ccc(-c3ccon3)cc2)C1c1cccnc1OCCO)C1CCCC1. The molecule has 3 heterocycles. The van der Waals surface area contributed by atoms with Crippen molar-refractivity contribution in [3.05, 3.63) is 71.8 Å². The summed E-state index contributed by atoms with van der Waals surface area (Å²) in [5, 5.41) is 24.1. The molecule has 0 saturated heterocycles. The van der Waals surface area contributed by atoms with Crippen LogP contribution in [-0.2, 0) is 9.59 Å². The Bertz CT molecular complexity index is 1250. The third-order valence-corrected chi connectivity index (χ3v) is 6.50. The molecule has 0 spiro atoms. The molecule has 0 radical (unpaired) electrons. The van der Waals surface area contributed by atoms with Gasteiger partial charge in [0.25, 0.3) is 5.91 Å². The number of nitrogens with zero attached hydrogens (tertiary/aromatic N) is 3. The number of aromatic nitrogens is 2. The number of aliphatic hydroxyl groups excluding tert-OH is 2. The van der Waals surface area contributed by atoms with Gasteiger partial charge in [0.15, 0.2) is 11.5 Å². The minimum atomic E-state index is -0.920. The first kappa shape index (κ1) is 22.8. The molecule has 1 amide bonds. The van der Waals surface area contributed by atoms with E-state index in [2.05, 4.69) is 10.1 Å². The molecule has 1 aromatic carbocycles. The van der Waals surface area contributed by atoms with Gasteiger partial charge in [0.05, 0.1) is 12.2 Å². The lowest BCUT2D eigenvalue weighted by Crippen LogP contribution is -2.32. The Kier molecular flexibility index (Phi) is 6.33. The molecule has 180 valence electrons. The maximum absolute atomic E-state index is 13.6. The van der Waals surface area contributed by atoms with Crippen LogP contribution in [0.2, 0.25) is 0 Å².